The van der Waals surface area contributed by atoms with E-state index in [4.69, 9.17) is 0 Å². The van der Waals surface area contributed by atoms with Crippen LogP contribution in [-0.4, -0.2) is 34.1 Å². The minimum Gasteiger partial charge on any atom is -0.478 e. The van der Waals surface area contributed by atoms with Crippen LogP contribution in [-0.2, 0) is 0 Å². The van der Waals surface area contributed by atoms with Gasteiger partial charge in [-0.05, 0) is 18.4 Å². The predicted molar refractivity (Wildman–Crippen MR) is 80.2 cm³/mol. The Bertz CT molecular complexity index is 601. The van der Waals surface area contributed by atoms with E-state index in [-0.39, 0.29) is 5.56 Å². The molecule has 0 saturated heterocycles. The van der Waals surface area contributed by atoms with Gasteiger partial charge in [-0.2, -0.15) is 11.8 Å². The lowest BCUT2D eigenvalue weighted by Gasteiger charge is -2.12. The van der Waals surface area contributed by atoms with Gasteiger partial charge in [0.2, 0.25) is 0 Å². The molecule has 0 fully saturated rings. The molecule has 100 valence electrons. The summed E-state index contributed by atoms with van der Waals surface area (Å²) in [5, 5.41) is 13.6. The Hall–Kier alpha value is -1.75. The normalized spacial score (nSPS) is 12.3. The number of nitrogens with one attached hydrogen (secondary N) is 1. The average molecular weight is 276 g/mol. The largest absolute Gasteiger partial charge is 0.478 e. The van der Waals surface area contributed by atoms with E-state index in [2.05, 4.69) is 17.2 Å². The molecular formula is C14H16N2O2S. The number of benzene rings is 1. The third kappa shape index (κ3) is 3.17. The van der Waals surface area contributed by atoms with Gasteiger partial charge in [-0.15, -0.1) is 0 Å². The first-order valence-electron chi connectivity index (χ1n) is 6.01. The van der Waals surface area contributed by atoms with Gasteiger partial charge < -0.3 is 10.4 Å². The average Bonchev–Trinajstić information content (AvgIpc) is 2.43. The summed E-state index contributed by atoms with van der Waals surface area (Å²) in [6.45, 7) is 2.86. The standard InChI is InChI=1S/C14H16N2O2S/c1-9(19-2)8-15-13-7-11(14(17)18)10-5-3-4-6-12(10)16-13/h3-7,9H,8H2,1-2H3,(H,15,16)(H,17,18). The van der Waals surface area contributed by atoms with Crippen molar-refractivity contribution in [3.8, 4) is 0 Å². The molecule has 0 spiro atoms. The van der Waals surface area contributed by atoms with Crippen LogP contribution in [0.2, 0.25) is 0 Å². The lowest BCUT2D eigenvalue weighted by atomic mass is 10.1. The van der Waals surface area contributed by atoms with Crippen LogP contribution >= 0.6 is 11.8 Å². The van der Waals surface area contributed by atoms with Crippen molar-refractivity contribution in [1.29, 1.82) is 0 Å². The number of rotatable bonds is 5. The summed E-state index contributed by atoms with van der Waals surface area (Å²) in [5.74, 6) is -0.323. The van der Waals surface area contributed by atoms with E-state index in [1.165, 1.54) is 0 Å². The molecule has 1 unspecified atom stereocenters. The van der Waals surface area contributed by atoms with Crippen molar-refractivity contribution >= 4 is 34.5 Å². The van der Waals surface area contributed by atoms with Gasteiger partial charge in [-0.1, -0.05) is 25.1 Å². The molecule has 0 aliphatic carbocycles. The van der Waals surface area contributed by atoms with Gasteiger partial charge >= 0.3 is 5.97 Å². The number of pyridine rings is 1. The summed E-state index contributed by atoms with van der Waals surface area (Å²) in [6.07, 6.45) is 2.04. The van der Waals surface area contributed by atoms with E-state index < -0.39 is 5.97 Å². The molecule has 0 radical (unpaired) electrons. The second-order valence-corrected chi connectivity index (χ2v) is 5.58. The number of hydrogen-bond acceptors (Lipinski definition) is 4. The number of fused-ring (bicyclic) bond motifs is 1. The van der Waals surface area contributed by atoms with Gasteiger partial charge in [0.25, 0.3) is 0 Å². The first-order chi connectivity index (χ1) is 9.11. The number of carbonyl (C=O) groups is 1. The predicted octanol–water partition coefficient (Wildman–Crippen LogP) is 3.10. The monoisotopic (exact) mass is 276 g/mol. The first kappa shape index (κ1) is 13.7. The van der Waals surface area contributed by atoms with E-state index in [0.717, 1.165) is 6.54 Å². The minimum atomic E-state index is -0.931. The van der Waals surface area contributed by atoms with Crippen molar-refractivity contribution < 1.29 is 9.90 Å². The summed E-state index contributed by atoms with van der Waals surface area (Å²) < 4.78 is 0. The zero-order valence-corrected chi connectivity index (χ0v) is 11.7. The molecule has 1 atom stereocenters. The number of carboxylic acids is 1. The van der Waals surface area contributed by atoms with Gasteiger partial charge in [0.1, 0.15) is 5.82 Å². The molecule has 0 aliphatic heterocycles. The van der Waals surface area contributed by atoms with Crippen molar-refractivity contribution in [3.05, 3.63) is 35.9 Å². The summed E-state index contributed by atoms with van der Waals surface area (Å²) in [6, 6.07) is 8.87. The maximum Gasteiger partial charge on any atom is 0.336 e. The van der Waals surface area contributed by atoms with Crippen molar-refractivity contribution in [1.82, 2.24) is 4.98 Å². The van der Waals surface area contributed by atoms with Crippen LogP contribution in [0.1, 0.15) is 17.3 Å². The quantitative estimate of drug-likeness (QED) is 0.878. The van der Waals surface area contributed by atoms with Gasteiger partial charge in [0, 0.05) is 17.2 Å². The van der Waals surface area contributed by atoms with E-state index in [1.807, 2.05) is 24.5 Å². The number of carboxylic acid groups (broad SMARTS) is 1. The molecule has 19 heavy (non-hydrogen) atoms. The molecule has 4 nitrogen and oxygen atoms in total. The molecule has 5 heteroatoms. The van der Waals surface area contributed by atoms with Crippen LogP contribution < -0.4 is 5.32 Å². The maximum absolute atomic E-state index is 11.3. The van der Waals surface area contributed by atoms with E-state index in [9.17, 15) is 9.90 Å². The fraction of sp³-hybridized carbons (Fsp3) is 0.286. The Morgan fingerprint density at radius 3 is 2.89 bits per heavy atom. The number of nitrogens with zero attached hydrogens (tertiary/aromatic N) is 1. The summed E-state index contributed by atoms with van der Waals surface area (Å²) in [4.78, 5) is 15.7. The molecule has 0 aliphatic rings. The van der Waals surface area contributed by atoms with Crippen LogP contribution in [0.5, 0.6) is 0 Å². The van der Waals surface area contributed by atoms with Gasteiger partial charge in [0.15, 0.2) is 0 Å². The zero-order valence-electron chi connectivity index (χ0n) is 10.9. The fourth-order valence-electron chi connectivity index (χ4n) is 1.77. The zero-order chi connectivity index (χ0) is 13.8. The fourth-order valence-corrected chi connectivity index (χ4v) is 2.02. The highest BCUT2D eigenvalue weighted by molar-refractivity contribution is 7.99. The van der Waals surface area contributed by atoms with Crippen molar-refractivity contribution in [2.24, 2.45) is 0 Å². The smallest absolute Gasteiger partial charge is 0.336 e. The minimum absolute atomic E-state index is 0.282. The number of para-hydroxylation sites is 1. The molecule has 1 aromatic carbocycles. The number of thioether (sulfide) groups is 1. The highest BCUT2D eigenvalue weighted by Crippen LogP contribution is 2.21. The van der Waals surface area contributed by atoms with Crippen molar-refractivity contribution in [2.75, 3.05) is 18.1 Å². The van der Waals surface area contributed by atoms with E-state index in [1.54, 1.807) is 23.9 Å². The van der Waals surface area contributed by atoms with Crippen LogP contribution in [0, 0.1) is 0 Å². The van der Waals surface area contributed by atoms with Crippen LogP contribution in [0.4, 0.5) is 5.82 Å². The molecule has 2 rings (SSSR count). The second-order valence-electron chi connectivity index (χ2n) is 4.30. The molecular weight excluding hydrogens is 260 g/mol. The number of aromatic nitrogens is 1. The van der Waals surface area contributed by atoms with Gasteiger partial charge in [0.05, 0.1) is 11.1 Å². The molecule has 2 N–H and O–H groups in total. The summed E-state index contributed by atoms with van der Waals surface area (Å²) in [5.41, 5.74) is 0.978. The SMILES string of the molecule is CSC(C)CNc1cc(C(=O)O)c2ccccc2n1. The van der Waals surface area contributed by atoms with Crippen molar-refractivity contribution in [2.45, 2.75) is 12.2 Å². The Labute approximate surface area is 116 Å². The molecule has 0 amide bonds. The maximum atomic E-state index is 11.3. The highest BCUT2D eigenvalue weighted by Gasteiger charge is 2.11. The lowest BCUT2D eigenvalue weighted by molar-refractivity contribution is 0.0699. The number of anilines is 1. The number of aromatic carboxylic acids is 1. The topological polar surface area (TPSA) is 62.2 Å². The number of hydrogen-bond donors (Lipinski definition) is 2. The molecule has 2 aromatic rings. The highest BCUT2D eigenvalue weighted by atomic mass is 32.2. The molecule has 0 bridgehead atoms. The first-order valence-corrected chi connectivity index (χ1v) is 7.30. The van der Waals surface area contributed by atoms with Gasteiger partial charge in [-0.25, -0.2) is 9.78 Å². The third-order valence-electron chi connectivity index (χ3n) is 2.92. The molecule has 1 heterocycles. The molecule has 1 aromatic heterocycles. The Morgan fingerprint density at radius 1 is 1.47 bits per heavy atom. The summed E-state index contributed by atoms with van der Waals surface area (Å²) in [7, 11) is 0. The van der Waals surface area contributed by atoms with Crippen LogP contribution in [0.3, 0.4) is 0 Å². The lowest BCUT2D eigenvalue weighted by Crippen LogP contribution is -2.14. The van der Waals surface area contributed by atoms with E-state index >= 15 is 0 Å². The third-order valence-corrected chi connectivity index (χ3v) is 3.89. The van der Waals surface area contributed by atoms with Crippen LogP contribution in [0.25, 0.3) is 10.9 Å². The van der Waals surface area contributed by atoms with Crippen molar-refractivity contribution in [3.63, 3.8) is 0 Å². The molecule has 0 saturated carbocycles. The Balaban J connectivity index is 2.38. The Kier molecular flexibility index (Phi) is 4.27. The summed E-state index contributed by atoms with van der Waals surface area (Å²) >= 11 is 1.75. The Morgan fingerprint density at radius 2 is 2.21 bits per heavy atom. The van der Waals surface area contributed by atoms with E-state index in [0.29, 0.717) is 22.0 Å². The van der Waals surface area contributed by atoms with Crippen LogP contribution in [0.15, 0.2) is 30.3 Å². The van der Waals surface area contributed by atoms with Gasteiger partial charge in [-0.3, -0.25) is 0 Å². The second kappa shape index (κ2) is 5.93.